The zero-order valence-electron chi connectivity index (χ0n) is 7.13. The summed E-state index contributed by atoms with van der Waals surface area (Å²) in [5, 5.41) is 0. The molecule has 0 amide bonds. The molecule has 0 bridgehead atoms. The van der Waals surface area contributed by atoms with Crippen LogP contribution in [0.5, 0.6) is 0 Å². The minimum absolute atomic E-state index is 0.344. The van der Waals surface area contributed by atoms with E-state index in [2.05, 4.69) is 4.98 Å². The Morgan fingerprint density at radius 2 is 2.33 bits per heavy atom. The van der Waals surface area contributed by atoms with Crippen molar-refractivity contribution in [3.05, 3.63) is 29.6 Å². The van der Waals surface area contributed by atoms with Gasteiger partial charge in [-0.05, 0) is 32.0 Å². The molecule has 3 heteroatoms. The highest BCUT2D eigenvalue weighted by molar-refractivity contribution is 5.12. The molecule has 0 aliphatic carbocycles. The van der Waals surface area contributed by atoms with E-state index in [1.807, 2.05) is 13.0 Å². The van der Waals surface area contributed by atoms with E-state index < -0.39 is 6.17 Å². The van der Waals surface area contributed by atoms with Crippen LogP contribution in [0, 0.1) is 6.92 Å². The molecule has 0 fully saturated rings. The number of pyridine rings is 1. The number of hydrogen-bond acceptors (Lipinski definition) is 2. The van der Waals surface area contributed by atoms with Gasteiger partial charge in [0.15, 0.2) is 0 Å². The smallest absolute Gasteiger partial charge is 0.143 e. The number of rotatable bonds is 3. The van der Waals surface area contributed by atoms with E-state index in [4.69, 9.17) is 5.73 Å². The molecule has 12 heavy (non-hydrogen) atoms. The second kappa shape index (κ2) is 4.16. The molecule has 0 saturated heterocycles. The molecule has 0 saturated carbocycles. The lowest BCUT2D eigenvalue weighted by Gasteiger charge is -2.05. The summed E-state index contributed by atoms with van der Waals surface area (Å²) >= 11 is 0. The fourth-order valence-corrected chi connectivity index (χ4v) is 1.03. The first-order valence-corrected chi connectivity index (χ1v) is 4.01. The Morgan fingerprint density at radius 1 is 1.58 bits per heavy atom. The number of aromatic nitrogens is 1. The van der Waals surface area contributed by atoms with Gasteiger partial charge in [0.1, 0.15) is 6.17 Å². The largest absolute Gasteiger partial charge is 0.330 e. The van der Waals surface area contributed by atoms with Crippen molar-refractivity contribution in [2.24, 2.45) is 5.73 Å². The predicted molar refractivity (Wildman–Crippen MR) is 46.5 cm³/mol. The van der Waals surface area contributed by atoms with Crippen molar-refractivity contribution >= 4 is 0 Å². The van der Waals surface area contributed by atoms with Crippen LogP contribution in [0.15, 0.2) is 18.2 Å². The molecule has 0 radical (unpaired) electrons. The maximum atomic E-state index is 13.2. The van der Waals surface area contributed by atoms with Crippen LogP contribution >= 0.6 is 0 Å². The van der Waals surface area contributed by atoms with E-state index >= 15 is 0 Å². The van der Waals surface area contributed by atoms with Crippen LogP contribution < -0.4 is 5.73 Å². The van der Waals surface area contributed by atoms with E-state index in [1.54, 1.807) is 12.1 Å². The lowest BCUT2D eigenvalue weighted by Crippen LogP contribution is -2.05. The molecule has 0 aliphatic heterocycles. The quantitative estimate of drug-likeness (QED) is 0.746. The van der Waals surface area contributed by atoms with Gasteiger partial charge in [0.25, 0.3) is 0 Å². The monoisotopic (exact) mass is 168 g/mol. The highest BCUT2D eigenvalue weighted by Crippen LogP contribution is 2.17. The van der Waals surface area contributed by atoms with E-state index in [1.165, 1.54) is 0 Å². The molecule has 0 spiro atoms. The molecule has 2 N–H and O–H groups in total. The number of nitrogens with zero attached hydrogens (tertiary/aromatic N) is 1. The Hall–Kier alpha value is -0.960. The lowest BCUT2D eigenvalue weighted by atomic mass is 10.2. The first kappa shape index (κ1) is 9.13. The van der Waals surface area contributed by atoms with Gasteiger partial charge in [-0.15, -0.1) is 0 Å². The molecule has 1 atom stereocenters. The molecule has 1 aromatic heterocycles. The molecule has 1 unspecified atom stereocenters. The Labute approximate surface area is 71.6 Å². The second-order valence-corrected chi connectivity index (χ2v) is 2.75. The number of nitrogens with two attached hydrogens (primary N) is 1. The molecule has 2 nitrogen and oxygen atoms in total. The minimum atomic E-state index is -1.02. The van der Waals surface area contributed by atoms with Gasteiger partial charge in [0.05, 0.1) is 5.69 Å². The zero-order chi connectivity index (χ0) is 8.97. The first-order valence-electron chi connectivity index (χ1n) is 4.01. The summed E-state index contributed by atoms with van der Waals surface area (Å²) in [6, 6.07) is 5.34. The third kappa shape index (κ3) is 2.27. The normalized spacial score (nSPS) is 12.9. The van der Waals surface area contributed by atoms with Gasteiger partial charge < -0.3 is 5.73 Å². The SMILES string of the molecule is Cc1cccc(C(F)CCN)n1. The number of alkyl halides is 1. The van der Waals surface area contributed by atoms with Crippen LogP contribution in [-0.4, -0.2) is 11.5 Å². The molecule has 1 aromatic rings. The molecule has 0 aliphatic rings. The van der Waals surface area contributed by atoms with E-state index in [9.17, 15) is 4.39 Å². The second-order valence-electron chi connectivity index (χ2n) is 2.75. The van der Waals surface area contributed by atoms with E-state index in [-0.39, 0.29) is 0 Å². The fraction of sp³-hybridized carbons (Fsp3) is 0.444. The Kier molecular flexibility index (Phi) is 3.17. The highest BCUT2D eigenvalue weighted by atomic mass is 19.1. The molecule has 66 valence electrons. The third-order valence-corrected chi connectivity index (χ3v) is 1.65. The van der Waals surface area contributed by atoms with Gasteiger partial charge in [-0.25, -0.2) is 4.39 Å². The van der Waals surface area contributed by atoms with Crippen LogP contribution in [0.1, 0.15) is 24.0 Å². The number of halogens is 1. The van der Waals surface area contributed by atoms with Crippen molar-refractivity contribution < 1.29 is 4.39 Å². The lowest BCUT2D eigenvalue weighted by molar-refractivity contribution is 0.320. The van der Waals surface area contributed by atoms with E-state index in [0.29, 0.717) is 18.7 Å². The van der Waals surface area contributed by atoms with Crippen molar-refractivity contribution in [2.45, 2.75) is 19.5 Å². The van der Waals surface area contributed by atoms with Crippen LogP contribution in [0.2, 0.25) is 0 Å². The zero-order valence-corrected chi connectivity index (χ0v) is 7.13. The van der Waals surface area contributed by atoms with Crippen molar-refractivity contribution in [3.63, 3.8) is 0 Å². The summed E-state index contributed by atoms with van der Waals surface area (Å²) in [5.41, 5.74) is 6.56. The fourth-order valence-electron chi connectivity index (χ4n) is 1.03. The number of hydrogen-bond donors (Lipinski definition) is 1. The third-order valence-electron chi connectivity index (χ3n) is 1.65. The van der Waals surface area contributed by atoms with Gasteiger partial charge in [-0.2, -0.15) is 0 Å². The summed E-state index contributed by atoms with van der Waals surface area (Å²) in [6.07, 6.45) is -0.675. The van der Waals surface area contributed by atoms with Gasteiger partial charge >= 0.3 is 0 Å². The maximum Gasteiger partial charge on any atom is 0.143 e. The van der Waals surface area contributed by atoms with E-state index in [0.717, 1.165) is 5.69 Å². The Balaban J connectivity index is 2.73. The van der Waals surface area contributed by atoms with Crippen LogP contribution in [-0.2, 0) is 0 Å². The van der Waals surface area contributed by atoms with Crippen LogP contribution in [0.4, 0.5) is 4.39 Å². The van der Waals surface area contributed by atoms with Crippen molar-refractivity contribution in [1.82, 2.24) is 4.98 Å². The average Bonchev–Trinajstić information content (AvgIpc) is 2.05. The molecule has 0 aromatic carbocycles. The Morgan fingerprint density at radius 3 is 2.92 bits per heavy atom. The molecule has 1 rings (SSSR count). The first-order chi connectivity index (χ1) is 5.74. The van der Waals surface area contributed by atoms with Crippen LogP contribution in [0.25, 0.3) is 0 Å². The van der Waals surface area contributed by atoms with Gasteiger partial charge in [-0.3, -0.25) is 4.98 Å². The van der Waals surface area contributed by atoms with Crippen molar-refractivity contribution in [2.75, 3.05) is 6.54 Å². The average molecular weight is 168 g/mol. The summed E-state index contributed by atoms with van der Waals surface area (Å²) in [6.45, 7) is 2.20. The maximum absolute atomic E-state index is 13.2. The Bertz CT molecular complexity index is 250. The molecular weight excluding hydrogens is 155 g/mol. The predicted octanol–water partition coefficient (Wildman–Crippen LogP) is 1.75. The summed E-state index contributed by atoms with van der Waals surface area (Å²) in [7, 11) is 0. The highest BCUT2D eigenvalue weighted by Gasteiger charge is 2.09. The van der Waals surface area contributed by atoms with Crippen molar-refractivity contribution in [3.8, 4) is 0 Å². The number of aryl methyl sites for hydroxylation is 1. The van der Waals surface area contributed by atoms with Gasteiger partial charge in [0.2, 0.25) is 0 Å². The topological polar surface area (TPSA) is 38.9 Å². The summed E-state index contributed by atoms with van der Waals surface area (Å²) < 4.78 is 13.2. The summed E-state index contributed by atoms with van der Waals surface area (Å²) in [5.74, 6) is 0. The van der Waals surface area contributed by atoms with Gasteiger partial charge in [0, 0.05) is 5.69 Å². The molecule has 1 heterocycles. The van der Waals surface area contributed by atoms with Gasteiger partial charge in [-0.1, -0.05) is 6.07 Å². The molecular formula is C9H13FN2. The van der Waals surface area contributed by atoms with Crippen molar-refractivity contribution in [1.29, 1.82) is 0 Å². The minimum Gasteiger partial charge on any atom is -0.330 e. The van der Waals surface area contributed by atoms with Crippen LogP contribution in [0.3, 0.4) is 0 Å². The summed E-state index contributed by atoms with van der Waals surface area (Å²) in [4.78, 5) is 4.06. The standard InChI is InChI=1S/C9H13FN2/c1-7-3-2-4-9(12-7)8(10)5-6-11/h2-4,8H,5-6,11H2,1H3.